The maximum Gasteiger partial charge on any atom is 0.394 e. The molecular formula is C15H16F3NO3. The van der Waals surface area contributed by atoms with Crippen LogP contribution in [0.1, 0.15) is 41.0 Å². The summed E-state index contributed by atoms with van der Waals surface area (Å²) in [6.45, 7) is 2.77. The number of likely N-dealkylation sites (tertiary alicyclic amines) is 1. The van der Waals surface area contributed by atoms with Gasteiger partial charge in [-0.2, -0.15) is 13.2 Å². The second-order valence-corrected chi connectivity index (χ2v) is 5.88. The summed E-state index contributed by atoms with van der Waals surface area (Å²) in [5.74, 6) is -3.37. The van der Waals surface area contributed by atoms with E-state index in [1.54, 1.807) is 0 Å². The highest BCUT2D eigenvalue weighted by atomic mass is 19.4. The Morgan fingerprint density at radius 1 is 1.27 bits per heavy atom. The number of amides is 1. The van der Waals surface area contributed by atoms with Gasteiger partial charge >= 0.3 is 12.1 Å². The summed E-state index contributed by atoms with van der Waals surface area (Å²) in [7, 11) is 0. The summed E-state index contributed by atoms with van der Waals surface area (Å²) < 4.78 is 39.1. The van der Waals surface area contributed by atoms with Crippen LogP contribution in [0.4, 0.5) is 13.2 Å². The maximum absolute atomic E-state index is 13.0. The van der Waals surface area contributed by atoms with E-state index >= 15 is 0 Å². The first-order valence-electron chi connectivity index (χ1n) is 6.77. The van der Waals surface area contributed by atoms with E-state index in [9.17, 15) is 22.8 Å². The van der Waals surface area contributed by atoms with Gasteiger partial charge in [-0.15, -0.1) is 0 Å². The fourth-order valence-corrected chi connectivity index (χ4v) is 2.96. The Hall–Kier alpha value is -2.05. The number of rotatable bonds is 2. The number of hydrogen-bond acceptors (Lipinski definition) is 2. The summed E-state index contributed by atoms with van der Waals surface area (Å²) in [4.78, 5) is 24.6. The van der Waals surface area contributed by atoms with Crippen LogP contribution in [0.2, 0.25) is 0 Å². The average Bonchev–Trinajstić information content (AvgIpc) is 2.73. The Labute approximate surface area is 125 Å². The molecule has 0 spiro atoms. The van der Waals surface area contributed by atoms with Crippen LogP contribution >= 0.6 is 0 Å². The lowest BCUT2D eigenvalue weighted by atomic mass is 9.87. The van der Waals surface area contributed by atoms with Crippen LogP contribution in [-0.2, 0) is 0 Å². The number of carbonyl (C=O) groups is 2. The van der Waals surface area contributed by atoms with Gasteiger partial charge in [-0.3, -0.25) is 4.79 Å². The molecule has 1 fully saturated rings. The quantitative estimate of drug-likeness (QED) is 0.912. The predicted octanol–water partition coefficient (Wildman–Crippen LogP) is 3.19. The van der Waals surface area contributed by atoms with Crippen LogP contribution in [0, 0.1) is 5.92 Å². The molecule has 1 heterocycles. The van der Waals surface area contributed by atoms with Gasteiger partial charge in [-0.25, -0.2) is 4.79 Å². The second-order valence-electron chi connectivity index (χ2n) is 5.88. The minimum Gasteiger partial charge on any atom is -0.478 e. The van der Waals surface area contributed by atoms with E-state index in [0.29, 0.717) is 0 Å². The number of hydrogen-bond donors (Lipinski definition) is 1. The minimum absolute atomic E-state index is 0.00664. The molecule has 1 saturated heterocycles. The van der Waals surface area contributed by atoms with E-state index < -0.39 is 29.5 Å². The molecule has 1 atom stereocenters. The number of nitrogens with zero attached hydrogens (tertiary/aromatic N) is 1. The summed E-state index contributed by atoms with van der Waals surface area (Å²) in [5.41, 5.74) is -1.36. The highest BCUT2D eigenvalue weighted by Gasteiger charge is 2.56. The van der Waals surface area contributed by atoms with E-state index in [4.69, 9.17) is 5.11 Å². The Kier molecular flexibility index (Phi) is 3.93. The molecule has 1 aromatic carbocycles. The van der Waals surface area contributed by atoms with Gasteiger partial charge < -0.3 is 10.0 Å². The van der Waals surface area contributed by atoms with Gasteiger partial charge in [-0.05, 0) is 38.5 Å². The van der Waals surface area contributed by atoms with Crippen LogP contribution < -0.4 is 0 Å². The van der Waals surface area contributed by atoms with E-state index in [2.05, 4.69) is 0 Å². The van der Waals surface area contributed by atoms with Crippen molar-refractivity contribution in [2.75, 3.05) is 6.54 Å². The normalized spacial score (nSPS) is 21.0. The van der Waals surface area contributed by atoms with Crippen molar-refractivity contribution in [2.24, 2.45) is 5.92 Å². The van der Waals surface area contributed by atoms with Crippen molar-refractivity contribution < 1.29 is 27.9 Å². The van der Waals surface area contributed by atoms with Crippen LogP contribution in [0.5, 0.6) is 0 Å². The molecule has 4 nitrogen and oxygen atoms in total. The fourth-order valence-electron chi connectivity index (χ4n) is 2.96. The smallest absolute Gasteiger partial charge is 0.394 e. The van der Waals surface area contributed by atoms with Crippen molar-refractivity contribution in [1.82, 2.24) is 4.90 Å². The Bertz CT molecular complexity index is 610. The van der Waals surface area contributed by atoms with Crippen LogP contribution in [0.15, 0.2) is 24.3 Å². The Morgan fingerprint density at radius 3 is 2.36 bits per heavy atom. The lowest BCUT2D eigenvalue weighted by Gasteiger charge is -2.36. The van der Waals surface area contributed by atoms with E-state index in [-0.39, 0.29) is 24.1 Å². The Balaban J connectivity index is 2.31. The number of carbonyl (C=O) groups excluding carboxylic acids is 1. The van der Waals surface area contributed by atoms with Gasteiger partial charge in [0, 0.05) is 17.6 Å². The lowest BCUT2D eigenvalue weighted by Crippen LogP contribution is -2.49. The van der Waals surface area contributed by atoms with Crippen molar-refractivity contribution in [3.63, 3.8) is 0 Å². The summed E-state index contributed by atoms with van der Waals surface area (Å²) >= 11 is 0. The van der Waals surface area contributed by atoms with Gasteiger partial charge in [0.15, 0.2) is 0 Å². The molecule has 22 heavy (non-hydrogen) atoms. The molecule has 0 radical (unpaired) electrons. The summed E-state index contributed by atoms with van der Waals surface area (Å²) in [5, 5.41) is 8.93. The van der Waals surface area contributed by atoms with Crippen molar-refractivity contribution >= 4 is 11.9 Å². The number of halogens is 3. The van der Waals surface area contributed by atoms with Crippen molar-refractivity contribution in [2.45, 2.75) is 32.0 Å². The molecule has 0 aliphatic carbocycles. The monoisotopic (exact) mass is 315 g/mol. The minimum atomic E-state index is -4.37. The molecule has 120 valence electrons. The third-order valence-corrected chi connectivity index (χ3v) is 4.19. The summed E-state index contributed by atoms with van der Waals surface area (Å²) in [6, 6.07) is 5.32. The topological polar surface area (TPSA) is 57.6 Å². The molecule has 1 aliphatic heterocycles. The van der Waals surface area contributed by atoms with Gasteiger partial charge in [0.1, 0.15) is 0 Å². The van der Waals surface area contributed by atoms with Crippen LogP contribution in [-0.4, -0.2) is 40.1 Å². The first-order chi connectivity index (χ1) is 10.0. The molecule has 1 amide bonds. The van der Waals surface area contributed by atoms with E-state index in [0.717, 1.165) is 0 Å². The first-order valence-corrected chi connectivity index (χ1v) is 6.77. The highest BCUT2D eigenvalue weighted by Crippen LogP contribution is 2.45. The molecule has 1 N–H and O–H groups in total. The standard InChI is InChI=1S/C15H16F3NO3/c1-14(2)11(15(16,17)18)6-7-19(14)12(20)9-4-3-5-10(8-9)13(21)22/h3-5,8,11H,6-7H2,1-2H3,(H,21,22)/t11-/m0/s1. The third kappa shape index (κ3) is 2.80. The second kappa shape index (κ2) is 5.30. The predicted molar refractivity (Wildman–Crippen MR) is 72.7 cm³/mol. The number of aromatic carboxylic acids is 1. The van der Waals surface area contributed by atoms with Gasteiger partial charge in [0.25, 0.3) is 5.91 Å². The van der Waals surface area contributed by atoms with Crippen molar-refractivity contribution in [3.8, 4) is 0 Å². The van der Waals surface area contributed by atoms with E-state index in [1.165, 1.54) is 43.0 Å². The molecule has 0 unspecified atom stereocenters. The van der Waals surface area contributed by atoms with Gasteiger partial charge in [-0.1, -0.05) is 6.07 Å². The zero-order chi connectivity index (χ0) is 16.7. The Morgan fingerprint density at radius 2 is 1.86 bits per heavy atom. The number of benzene rings is 1. The largest absolute Gasteiger partial charge is 0.478 e. The lowest BCUT2D eigenvalue weighted by molar-refractivity contribution is -0.189. The fraction of sp³-hybridized carbons (Fsp3) is 0.467. The molecule has 0 aromatic heterocycles. The molecule has 7 heteroatoms. The van der Waals surface area contributed by atoms with Crippen molar-refractivity contribution in [1.29, 1.82) is 0 Å². The van der Waals surface area contributed by atoms with Crippen LogP contribution in [0.25, 0.3) is 0 Å². The molecule has 1 aromatic rings. The molecular weight excluding hydrogens is 299 g/mol. The SMILES string of the molecule is CC1(C)[C@@H](C(F)(F)F)CCN1C(=O)c1cccc(C(=O)O)c1. The molecule has 1 aliphatic rings. The van der Waals surface area contributed by atoms with Gasteiger partial charge in [0.2, 0.25) is 0 Å². The molecule has 0 bridgehead atoms. The molecule has 0 saturated carbocycles. The number of alkyl halides is 3. The molecule has 2 rings (SSSR count). The third-order valence-electron chi connectivity index (χ3n) is 4.19. The zero-order valence-corrected chi connectivity index (χ0v) is 12.1. The summed E-state index contributed by atoms with van der Waals surface area (Å²) in [6.07, 6.45) is -4.53. The average molecular weight is 315 g/mol. The highest BCUT2D eigenvalue weighted by molar-refractivity contribution is 5.98. The van der Waals surface area contributed by atoms with E-state index in [1.807, 2.05) is 0 Å². The van der Waals surface area contributed by atoms with Crippen molar-refractivity contribution in [3.05, 3.63) is 35.4 Å². The number of carboxylic acid groups (broad SMARTS) is 1. The van der Waals surface area contributed by atoms with Crippen LogP contribution in [0.3, 0.4) is 0 Å². The zero-order valence-electron chi connectivity index (χ0n) is 12.1. The first kappa shape index (κ1) is 16.3. The van der Waals surface area contributed by atoms with Gasteiger partial charge in [0.05, 0.1) is 11.5 Å². The number of carboxylic acids is 1. The maximum atomic E-state index is 13.0.